The van der Waals surface area contributed by atoms with E-state index in [0.29, 0.717) is 0 Å². The summed E-state index contributed by atoms with van der Waals surface area (Å²) >= 11 is 0. The molecule has 1 aromatic carbocycles. The van der Waals surface area contributed by atoms with Gasteiger partial charge in [-0.05, 0) is 39.8 Å². The number of hydrogen-bond donors (Lipinski definition) is 0. The van der Waals surface area contributed by atoms with Crippen molar-refractivity contribution >= 4 is 13.1 Å². The average Bonchev–Trinajstić information content (AvgIpc) is 2.26. The van der Waals surface area contributed by atoms with Crippen molar-refractivity contribution in [3.05, 3.63) is 35.6 Å². The highest BCUT2D eigenvalue weighted by Gasteiger charge is 2.39. The molecule has 0 atom stereocenters. The van der Waals surface area contributed by atoms with Crippen molar-refractivity contribution in [3.63, 3.8) is 0 Å². The predicted molar refractivity (Wildman–Crippen MR) is 70.8 cm³/mol. The third-order valence-corrected chi connectivity index (χ3v) is 4.19. The lowest BCUT2D eigenvalue weighted by atomic mass is 10.2. The highest BCUT2D eigenvalue weighted by molar-refractivity contribution is 7.72. The molecule has 6 heteroatoms. The zero-order valence-corrected chi connectivity index (χ0v) is 12.3. The van der Waals surface area contributed by atoms with Gasteiger partial charge in [0.1, 0.15) is 5.82 Å². The molecule has 0 amide bonds. The van der Waals surface area contributed by atoms with Gasteiger partial charge in [-0.15, -0.1) is 0 Å². The van der Waals surface area contributed by atoms with Crippen molar-refractivity contribution in [3.8, 4) is 0 Å². The molecule has 0 bridgehead atoms. The number of rotatable bonds is 6. The lowest BCUT2D eigenvalue weighted by Crippen LogP contribution is -2.15. The maximum atomic E-state index is 13.6. The Labute approximate surface area is 112 Å². The minimum atomic E-state index is -4.05. The van der Waals surface area contributed by atoms with Crippen LogP contribution >= 0.6 is 7.60 Å². The van der Waals surface area contributed by atoms with E-state index >= 15 is 0 Å². The molecule has 0 radical (unpaired) electrons. The summed E-state index contributed by atoms with van der Waals surface area (Å²) in [6, 6.07) is 5.33. The zero-order chi connectivity index (χ0) is 14.6. The molecule has 0 unspecified atom stereocenters. The van der Waals surface area contributed by atoms with Gasteiger partial charge in [0.05, 0.1) is 17.8 Å². The maximum Gasteiger partial charge on any atom is 0.402 e. The first-order valence-electron chi connectivity index (χ1n) is 6.02. The van der Waals surface area contributed by atoms with Crippen molar-refractivity contribution in [2.75, 3.05) is 0 Å². The molecule has 0 aromatic heterocycles. The third-order valence-electron chi connectivity index (χ3n) is 2.05. The molecular formula is C13H18FO4P. The molecule has 0 N–H and O–H groups in total. The van der Waals surface area contributed by atoms with Crippen LogP contribution in [0.3, 0.4) is 0 Å². The second-order valence-corrected chi connectivity index (χ2v) is 6.41. The smallest absolute Gasteiger partial charge is 0.300 e. The van der Waals surface area contributed by atoms with E-state index in [0.717, 1.165) is 6.07 Å². The Hall–Kier alpha value is -1.03. The molecule has 0 heterocycles. The monoisotopic (exact) mass is 288 g/mol. The van der Waals surface area contributed by atoms with Gasteiger partial charge in [0.2, 0.25) is 0 Å². The fourth-order valence-corrected chi connectivity index (χ4v) is 3.29. The lowest BCUT2D eigenvalue weighted by molar-refractivity contribution is 0.0921. The minimum absolute atomic E-state index is 0.285. The molecule has 1 aromatic rings. The molecule has 0 aliphatic heterocycles. The summed E-state index contributed by atoms with van der Waals surface area (Å²) in [6.07, 6.45) is -0.944. The molecule has 4 nitrogen and oxygen atoms in total. The van der Waals surface area contributed by atoms with Gasteiger partial charge in [0.25, 0.3) is 5.52 Å². The number of benzene rings is 1. The van der Waals surface area contributed by atoms with E-state index in [1.54, 1.807) is 27.7 Å². The highest BCUT2D eigenvalue weighted by atomic mass is 31.2. The molecule has 106 valence electrons. The van der Waals surface area contributed by atoms with Crippen LogP contribution in [0.5, 0.6) is 0 Å². The van der Waals surface area contributed by atoms with E-state index in [9.17, 15) is 13.8 Å². The molecule has 19 heavy (non-hydrogen) atoms. The predicted octanol–water partition coefficient (Wildman–Crippen LogP) is 4.01. The topological polar surface area (TPSA) is 52.6 Å². The van der Waals surface area contributed by atoms with Crippen LogP contribution in [0.4, 0.5) is 4.39 Å². The van der Waals surface area contributed by atoms with E-state index in [1.165, 1.54) is 18.2 Å². The quantitative estimate of drug-likeness (QED) is 0.742. The fourth-order valence-electron chi connectivity index (χ4n) is 1.46. The van der Waals surface area contributed by atoms with Crippen LogP contribution in [-0.4, -0.2) is 17.7 Å². The summed E-state index contributed by atoms with van der Waals surface area (Å²) in [7, 11) is -4.05. The van der Waals surface area contributed by atoms with E-state index in [1.807, 2.05) is 0 Å². The standard InChI is InChI=1S/C13H18FO4P/c1-9(2)17-19(16,18-10(3)4)13(15)11-7-5-6-8-12(11)14/h5-10H,1-4H3. The highest BCUT2D eigenvalue weighted by Crippen LogP contribution is 2.53. The average molecular weight is 288 g/mol. The summed E-state index contributed by atoms with van der Waals surface area (Å²) in [5.41, 5.74) is -1.24. The first-order valence-corrected chi connectivity index (χ1v) is 7.57. The molecule has 0 aliphatic rings. The van der Waals surface area contributed by atoms with Crippen molar-refractivity contribution in [1.29, 1.82) is 0 Å². The molecule has 1 rings (SSSR count). The normalized spacial score (nSPS) is 12.2. The van der Waals surface area contributed by atoms with Gasteiger partial charge in [0, 0.05) is 0 Å². The first kappa shape index (κ1) is 16.0. The third kappa shape index (κ3) is 4.23. The number of carbonyl (C=O) groups is 1. The summed E-state index contributed by atoms with van der Waals surface area (Å²) in [5, 5.41) is 0. The van der Waals surface area contributed by atoms with Crippen molar-refractivity contribution in [2.45, 2.75) is 39.9 Å². The van der Waals surface area contributed by atoms with Crippen molar-refractivity contribution < 1.29 is 22.8 Å². The van der Waals surface area contributed by atoms with Crippen LogP contribution in [-0.2, 0) is 13.6 Å². The van der Waals surface area contributed by atoms with E-state index in [4.69, 9.17) is 9.05 Å². The first-order chi connectivity index (χ1) is 8.76. The Balaban J connectivity index is 3.15. The zero-order valence-electron chi connectivity index (χ0n) is 11.4. The molecule has 0 fully saturated rings. The minimum Gasteiger partial charge on any atom is -0.300 e. The van der Waals surface area contributed by atoms with Crippen LogP contribution in [0, 0.1) is 5.82 Å². The maximum absolute atomic E-state index is 13.6. The fraction of sp³-hybridized carbons (Fsp3) is 0.462. The lowest BCUT2D eigenvalue weighted by Gasteiger charge is -2.21. The molecule has 0 spiro atoms. The summed E-state index contributed by atoms with van der Waals surface area (Å²) < 4.78 is 36.4. The summed E-state index contributed by atoms with van der Waals surface area (Å²) in [6.45, 7) is 6.52. The Morgan fingerprint density at radius 3 is 2.00 bits per heavy atom. The second kappa shape index (κ2) is 6.42. The molecule has 0 saturated carbocycles. The van der Waals surface area contributed by atoms with Crippen LogP contribution in [0.15, 0.2) is 24.3 Å². The van der Waals surface area contributed by atoms with Crippen LogP contribution in [0.25, 0.3) is 0 Å². The van der Waals surface area contributed by atoms with Gasteiger partial charge in [-0.25, -0.2) is 4.39 Å². The Morgan fingerprint density at radius 1 is 1.11 bits per heavy atom. The Bertz CT molecular complexity index is 485. The van der Waals surface area contributed by atoms with Gasteiger partial charge in [-0.2, -0.15) is 0 Å². The SMILES string of the molecule is CC(C)OP(=O)(OC(C)C)C(=O)c1ccccc1F. The molecule has 0 saturated heterocycles. The van der Waals surface area contributed by atoms with Crippen LogP contribution in [0.1, 0.15) is 38.1 Å². The van der Waals surface area contributed by atoms with Gasteiger partial charge >= 0.3 is 7.60 Å². The summed E-state index contributed by atoms with van der Waals surface area (Å²) in [5.74, 6) is -0.743. The van der Waals surface area contributed by atoms with Crippen LogP contribution in [0.2, 0.25) is 0 Å². The van der Waals surface area contributed by atoms with Gasteiger partial charge in [-0.3, -0.25) is 9.36 Å². The number of halogens is 1. The Morgan fingerprint density at radius 2 is 1.58 bits per heavy atom. The van der Waals surface area contributed by atoms with Crippen molar-refractivity contribution in [2.24, 2.45) is 0 Å². The van der Waals surface area contributed by atoms with E-state index in [2.05, 4.69) is 0 Å². The van der Waals surface area contributed by atoms with Gasteiger partial charge in [-0.1, -0.05) is 12.1 Å². The van der Waals surface area contributed by atoms with E-state index in [-0.39, 0.29) is 5.56 Å². The van der Waals surface area contributed by atoms with Gasteiger partial charge in [0.15, 0.2) is 0 Å². The number of hydrogen-bond acceptors (Lipinski definition) is 4. The molecular weight excluding hydrogens is 270 g/mol. The van der Waals surface area contributed by atoms with Crippen molar-refractivity contribution in [1.82, 2.24) is 0 Å². The van der Waals surface area contributed by atoms with Gasteiger partial charge < -0.3 is 9.05 Å². The van der Waals surface area contributed by atoms with E-state index < -0.39 is 31.1 Å². The number of carbonyl (C=O) groups excluding carboxylic acids is 1. The Kier molecular flexibility index (Phi) is 5.41. The second-order valence-electron chi connectivity index (χ2n) is 4.59. The van der Waals surface area contributed by atoms with Crippen LogP contribution < -0.4 is 0 Å². The largest absolute Gasteiger partial charge is 0.402 e. The summed E-state index contributed by atoms with van der Waals surface area (Å²) in [4.78, 5) is 12.2. The molecule has 0 aliphatic carbocycles.